The topological polar surface area (TPSA) is 51.8 Å². The predicted octanol–water partition coefficient (Wildman–Crippen LogP) is 9.15. The monoisotopic (exact) mass is 721 g/mol. The standard InChI is InChI=1S/C22H25N2O.C13H12N.Ir/c1-14-13-23-19(12-18(14)16-8-10-22(3,4)11-9-16)17-6-5-7-20-21(17)24-15(2)25-20;1-10-3-6-12(7-4-10)13-8-5-11(2)9-14-13;/h5,7,12-13,16H,8-11H2,1-4H3;3-6,8-9H,1-2H3;/q2*-1;/i1D3,2D3,16D;1D3,2D3;. The molecule has 3 heterocycles. The molecule has 3 aromatic heterocycles. The Bertz CT molecular complexity index is 1970. The molecule has 0 amide bonds. The van der Waals surface area contributed by atoms with Crippen molar-refractivity contribution in [3.05, 3.63) is 101 Å². The van der Waals surface area contributed by atoms with Gasteiger partial charge < -0.3 is 14.4 Å². The number of benzene rings is 2. The molecule has 5 aromatic rings. The van der Waals surface area contributed by atoms with Crippen LogP contribution >= 0.6 is 0 Å². The first-order valence-corrected chi connectivity index (χ1v) is 12.7. The summed E-state index contributed by atoms with van der Waals surface area (Å²) in [6, 6.07) is 18.3. The van der Waals surface area contributed by atoms with Crippen molar-refractivity contribution in [3.63, 3.8) is 0 Å². The molecule has 0 atom stereocenters. The number of fused-ring (bicyclic) bond motifs is 1. The van der Waals surface area contributed by atoms with Crippen molar-refractivity contribution in [3.8, 4) is 22.5 Å². The Kier molecular flexibility index (Phi) is 5.33. The second kappa shape index (κ2) is 12.6. The molecule has 1 radical (unpaired) electrons. The summed E-state index contributed by atoms with van der Waals surface area (Å²) in [5.41, 5.74) is 3.56. The maximum absolute atomic E-state index is 9.17. The molecule has 1 fully saturated rings. The fourth-order valence-corrected chi connectivity index (χ4v) is 4.61. The van der Waals surface area contributed by atoms with Crippen LogP contribution in [-0.4, -0.2) is 15.0 Å². The Balaban J connectivity index is 0.000000258. The SMILES string of the molecule is [2H]C([2H])([2H])c1c[c-]c(-c2ccc(C([2H])([2H])[2H])cn2)cc1.[2H]C([2H])([2H])c1nc2c(-c3cc(C4([2H])CCC(C)(C)CC4)c(C([2H])([2H])[2H])cn3)[c-]ccc2o1.[Ir]. The summed E-state index contributed by atoms with van der Waals surface area (Å²) in [5, 5.41) is 0. The Morgan fingerprint density at radius 2 is 1.73 bits per heavy atom. The largest absolute Gasteiger partial charge is 0.461 e. The van der Waals surface area contributed by atoms with E-state index in [0.29, 0.717) is 46.4 Å². The van der Waals surface area contributed by atoms with Crippen LogP contribution in [0.15, 0.2) is 65.3 Å². The van der Waals surface area contributed by atoms with Gasteiger partial charge in [0.05, 0.1) is 5.58 Å². The van der Waals surface area contributed by atoms with Crippen LogP contribution in [0.4, 0.5) is 0 Å². The van der Waals surface area contributed by atoms with Crippen molar-refractivity contribution in [2.45, 2.75) is 72.8 Å². The Morgan fingerprint density at radius 3 is 2.40 bits per heavy atom. The van der Waals surface area contributed by atoms with Crippen LogP contribution in [0, 0.1) is 45.0 Å². The van der Waals surface area contributed by atoms with Crippen molar-refractivity contribution in [2.75, 3.05) is 0 Å². The van der Waals surface area contributed by atoms with E-state index >= 15 is 0 Å². The molecule has 40 heavy (non-hydrogen) atoms. The molecule has 0 N–H and O–H groups in total. The van der Waals surface area contributed by atoms with Gasteiger partial charge in [0.2, 0.25) is 0 Å². The first-order chi connectivity index (χ1) is 23.9. The van der Waals surface area contributed by atoms with Gasteiger partial charge in [-0.25, -0.2) is 0 Å². The Hall–Kier alpha value is -3.14. The quantitative estimate of drug-likeness (QED) is 0.175. The molecule has 5 heteroatoms. The van der Waals surface area contributed by atoms with Gasteiger partial charge >= 0.3 is 0 Å². The molecule has 1 aliphatic rings. The van der Waals surface area contributed by atoms with Crippen molar-refractivity contribution >= 4 is 11.1 Å². The average Bonchev–Trinajstić information content (AvgIpc) is 3.51. The molecule has 0 bridgehead atoms. The average molecular weight is 721 g/mol. The summed E-state index contributed by atoms with van der Waals surface area (Å²) in [7, 11) is 0. The van der Waals surface area contributed by atoms with Crippen molar-refractivity contribution in [2.24, 2.45) is 5.41 Å². The minimum absolute atomic E-state index is 0. The van der Waals surface area contributed by atoms with Gasteiger partial charge in [-0.1, -0.05) is 50.5 Å². The fraction of sp³-hybridized carbons (Fsp3) is 0.343. The third-order valence-electron chi connectivity index (χ3n) is 6.95. The molecular formula is C35H37IrN3O-2. The zero-order valence-corrected chi connectivity index (χ0v) is 24.6. The maximum Gasteiger partial charge on any atom is 0.180 e. The second-order valence-electron chi connectivity index (χ2n) is 10.4. The van der Waals surface area contributed by atoms with Crippen molar-refractivity contribution in [1.82, 2.24) is 15.0 Å². The number of hydrogen-bond acceptors (Lipinski definition) is 4. The molecule has 209 valence electrons. The number of aromatic nitrogens is 3. The van der Waals surface area contributed by atoms with Crippen LogP contribution in [0.25, 0.3) is 33.6 Å². The van der Waals surface area contributed by atoms with Gasteiger partial charge in [0, 0.05) is 62.7 Å². The zero-order chi connectivity index (χ0) is 38.5. The molecule has 6 rings (SSSR count). The van der Waals surface area contributed by atoms with E-state index < -0.39 is 33.3 Å². The molecule has 0 saturated heterocycles. The molecule has 0 spiro atoms. The van der Waals surface area contributed by atoms with Gasteiger partial charge in [-0.3, -0.25) is 4.98 Å². The minimum Gasteiger partial charge on any atom is -0.461 e. The van der Waals surface area contributed by atoms with Gasteiger partial charge in [-0.05, 0) is 78.8 Å². The van der Waals surface area contributed by atoms with Crippen molar-refractivity contribution in [1.29, 1.82) is 0 Å². The van der Waals surface area contributed by atoms with Gasteiger partial charge in [-0.2, -0.15) is 0 Å². The number of hydrogen-bond donors (Lipinski definition) is 0. The number of nitrogens with zero attached hydrogens (tertiary/aromatic N) is 3. The van der Waals surface area contributed by atoms with Crippen LogP contribution in [0.1, 0.15) is 91.4 Å². The summed E-state index contributed by atoms with van der Waals surface area (Å²) in [4.78, 5) is 12.6. The molecular weight excluding hydrogens is 671 g/mol. The van der Waals surface area contributed by atoms with E-state index in [1.165, 1.54) is 30.6 Å². The first kappa shape index (κ1) is 17.0. The van der Waals surface area contributed by atoms with Crippen LogP contribution in [0.3, 0.4) is 0 Å². The smallest absolute Gasteiger partial charge is 0.180 e. The Labute approximate surface area is 270 Å². The summed E-state index contributed by atoms with van der Waals surface area (Å²) < 4.78 is 105. The third kappa shape index (κ3) is 6.94. The number of oxazole rings is 1. The van der Waals surface area contributed by atoms with Crippen LogP contribution in [0.2, 0.25) is 0 Å². The number of aryl methyl sites for hydroxylation is 4. The number of pyridine rings is 2. The van der Waals surface area contributed by atoms with Gasteiger partial charge in [0.1, 0.15) is 0 Å². The minimum atomic E-state index is -2.50. The zero-order valence-electron chi connectivity index (χ0n) is 35.2. The normalized spacial score (nSPS) is 21.6. The first-order valence-electron chi connectivity index (χ1n) is 19.2. The van der Waals surface area contributed by atoms with Crippen LogP contribution in [0.5, 0.6) is 0 Å². The molecule has 2 aromatic carbocycles. The molecule has 1 aliphatic carbocycles. The molecule has 1 saturated carbocycles. The van der Waals surface area contributed by atoms with E-state index in [9.17, 15) is 1.37 Å². The molecule has 0 unspecified atom stereocenters. The summed E-state index contributed by atoms with van der Waals surface area (Å²) >= 11 is 0. The maximum atomic E-state index is 9.17. The summed E-state index contributed by atoms with van der Waals surface area (Å²) in [6.45, 7) is -4.91. The summed E-state index contributed by atoms with van der Waals surface area (Å²) in [6.07, 6.45) is 5.35. The molecule has 4 nitrogen and oxygen atoms in total. The fourth-order valence-electron chi connectivity index (χ4n) is 4.61. The van der Waals surface area contributed by atoms with E-state index in [4.69, 9.17) is 20.9 Å². The van der Waals surface area contributed by atoms with Gasteiger partial charge in [0.15, 0.2) is 5.89 Å². The third-order valence-corrected chi connectivity index (χ3v) is 6.95. The van der Waals surface area contributed by atoms with E-state index in [1.54, 1.807) is 30.3 Å². The van der Waals surface area contributed by atoms with E-state index in [-0.39, 0.29) is 53.7 Å². The number of rotatable bonds is 3. The second-order valence-corrected chi connectivity index (χ2v) is 10.4. The van der Waals surface area contributed by atoms with E-state index in [2.05, 4.69) is 40.9 Å². The van der Waals surface area contributed by atoms with Crippen molar-refractivity contribution < 1.29 is 42.3 Å². The van der Waals surface area contributed by atoms with E-state index in [1.807, 2.05) is 0 Å². The summed E-state index contributed by atoms with van der Waals surface area (Å²) in [5.74, 6) is -1.42. The van der Waals surface area contributed by atoms with Crippen LogP contribution < -0.4 is 0 Å². The van der Waals surface area contributed by atoms with E-state index in [0.717, 1.165) is 12.8 Å². The Morgan fingerprint density at radius 1 is 0.925 bits per heavy atom. The van der Waals surface area contributed by atoms with Gasteiger partial charge in [-0.15, -0.1) is 47.5 Å². The van der Waals surface area contributed by atoms with Gasteiger partial charge in [0.25, 0.3) is 0 Å². The predicted molar refractivity (Wildman–Crippen MR) is 159 cm³/mol. The molecule has 0 aliphatic heterocycles. The van der Waals surface area contributed by atoms with Crippen LogP contribution in [-0.2, 0) is 20.1 Å².